The second kappa shape index (κ2) is 7.22. The van der Waals surface area contributed by atoms with E-state index in [0.717, 1.165) is 11.1 Å². The van der Waals surface area contributed by atoms with Crippen molar-refractivity contribution in [3.63, 3.8) is 0 Å². The SMILES string of the molecule is Cn1cc(C2CN(C(=O)c3cnn(-c4ccc(F)cc4)n3)Cc3ccccc32)cn1. The second-order valence-electron chi connectivity index (χ2n) is 7.38. The molecule has 0 radical (unpaired) electrons. The molecule has 4 aromatic rings. The second-order valence-corrected chi connectivity index (χ2v) is 7.38. The number of fused-ring (bicyclic) bond motifs is 1. The van der Waals surface area contributed by atoms with Crippen molar-refractivity contribution in [2.75, 3.05) is 6.54 Å². The highest BCUT2D eigenvalue weighted by molar-refractivity contribution is 5.92. The number of hydrogen-bond donors (Lipinski definition) is 0. The highest BCUT2D eigenvalue weighted by Gasteiger charge is 2.31. The predicted molar refractivity (Wildman–Crippen MR) is 108 cm³/mol. The van der Waals surface area contributed by atoms with Gasteiger partial charge in [-0.2, -0.15) is 15.0 Å². The smallest absolute Gasteiger partial charge is 0.276 e. The molecule has 0 fully saturated rings. The standard InChI is InChI=1S/C22H19FN6O/c1-27-12-16(10-24-27)20-14-28(13-15-4-2-3-5-19(15)20)22(30)21-11-25-29(26-21)18-8-6-17(23)7-9-18/h2-12,20H,13-14H2,1H3. The van der Waals surface area contributed by atoms with Crippen molar-refractivity contribution in [3.8, 4) is 5.69 Å². The first-order chi connectivity index (χ1) is 14.6. The van der Waals surface area contributed by atoms with E-state index in [-0.39, 0.29) is 23.3 Å². The van der Waals surface area contributed by atoms with Crippen LogP contribution in [0.3, 0.4) is 0 Å². The molecule has 7 nitrogen and oxygen atoms in total. The number of rotatable bonds is 3. The number of nitrogens with zero attached hydrogens (tertiary/aromatic N) is 6. The molecular formula is C22H19FN6O. The lowest BCUT2D eigenvalue weighted by Crippen LogP contribution is -2.38. The predicted octanol–water partition coefficient (Wildman–Crippen LogP) is 2.93. The molecule has 1 atom stereocenters. The van der Waals surface area contributed by atoms with Crippen molar-refractivity contribution in [3.05, 3.63) is 95.3 Å². The average molecular weight is 402 g/mol. The fourth-order valence-electron chi connectivity index (χ4n) is 3.89. The summed E-state index contributed by atoms with van der Waals surface area (Å²) in [5.41, 5.74) is 4.23. The zero-order valence-corrected chi connectivity index (χ0v) is 16.3. The van der Waals surface area contributed by atoms with Crippen LogP contribution in [0.5, 0.6) is 0 Å². The van der Waals surface area contributed by atoms with E-state index in [4.69, 9.17) is 0 Å². The van der Waals surface area contributed by atoms with Gasteiger partial charge < -0.3 is 4.90 Å². The highest BCUT2D eigenvalue weighted by atomic mass is 19.1. The Morgan fingerprint density at radius 3 is 2.63 bits per heavy atom. The molecule has 3 heterocycles. The molecule has 5 rings (SSSR count). The van der Waals surface area contributed by atoms with E-state index in [0.29, 0.717) is 18.8 Å². The molecule has 0 bridgehead atoms. The number of hydrogen-bond acceptors (Lipinski definition) is 4. The van der Waals surface area contributed by atoms with Crippen LogP contribution in [0.1, 0.15) is 33.1 Å². The Morgan fingerprint density at radius 1 is 1.07 bits per heavy atom. The van der Waals surface area contributed by atoms with Gasteiger partial charge in [-0.25, -0.2) is 4.39 Å². The Bertz CT molecular complexity index is 1210. The summed E-state index contributed by atoms with van der Waals surface area (Å²) < 4.78 is 14.9. The zero-order chi connectivity index (χ0) is 20.7. The maximum Gasteiger partial charge on any atom is 0.276 e. The summed E-state index contributed by atoms with van der Waals surface area (Å²) in [5.74, 6) is -0.484. The number of halogens is 1. The number of carbonyl (C=O) groups excluding carboxylic acids is 1. The summed E-state index contributed by atoms with van der Waals surface area (Å²) in [6.07, 6.45) is 5.28. The quantitative estimate of drug-likeness (QED) is 0.528. The summed E-state index contributed by atoms with van der Waals surface area (Å²) in [7, 11) is 1.88. The minimum Gasteiger partial charge on any atom is -0.332 e. The molecule has 0 N–H and O–H groups in total. The third kappa shape index (κ3) is 3.26. The summed E-state index contributed by atoms with van der Waals surface area (Å²) in [5, 5.41) is 12.8. The monoisotopic (exact) mass is 402 g/mol. The Balaban J connectivity index is 1.44. The zero-order valence-electron chi connectivity index (χ0n) is 16.3. The molecule has 0 aliphatic carbocycles. The first-order valence-corrected chi connectivity index (χ1v) is 9.62. The van der Waals surface area contributed by atoms with Gasteiger partial charge in [0.25, 0.3) is 5.91 Å². The van der Waals surface area contributed by atoms with Gasteiger partial charge in [-0.05, 0) is 41.0 Å². The van der Waals surface area contributed by atoms with Crippen LogP contribution in [0.4, 0.5) is 4.39 Å². The highest BCUT2D eigenvalue weighted by Crippen LogP contribution is 2.33. The largest absolute Gasteiger partial charge is 0.332 e. The molecule has 0 saturated heterocycles. The van der Waals surface area contributed by atoms with Crippen molar-refractivity contribution < 1.29 is 9.18 Å². The Morgan fingerprint density at radius 2 is 1.87 bits per heavy atom. The fourth-order valence-corrected chi connectivity index (χ4v) is 3.89. The van der Waals surface area contributed by atoms with Gasteiger partial charge >= 0.3 is 0 Å². The molecule has 1 amide bonds. The number of benzene rings is 2. The lowest BCUT2D eigenvalue weighted by Gasteiger charge is -2.34. The van der Waals surface area contributed by atoms with Gasteiger partial charge in [-0.1, -0.05) is 24.3 Å². The molecule has 2 aromatic heterocycles. The number of carbonyl (C=O) groups is 1. The van der Waals surface area contributed by atoms with Gasteiger partial charge in [0.2, 0.25) is 0 Å². The van der Waals surface area contributed by atoms with E-state index in [1.165, 1.54) is 28.7 Å². The molecular weight excluding hydrogens is 383 g/mol. The van der Waals surface area contributed by atoms with Crippen molar-refractivity contribution in [2.24, 2.45) is 7.05 Å². The normalized spacial score (nSPS) is 15.8. The lowest BCUT2D eigenvalue weighted by atomic mass is 9.86. The molecule has 2 aromatic carbocycles. The van der Waals surface area contributed by atoms with E-state index in [9.17, 15) is 9.18 Å². The number of amides is 1. The molecule has 1 aliphatic heterocycles. The van der Waals surface area contributed by atoms with Crippen LogP contribution in [0.25, 0.3) is 5.69 Å². The topological polar surface area (TPSA) is 68.8 Å². The molecule has 1 unspecified atom stereocenters. The van der Waals surface area contributed by atoms with Gasteiger partial charge in [0.15, 0.2) is 5.69 Å². The van der Waals surface area contributed by atoms with Gasteiger partial charge in [0.1, 0.15) is 5.82 Å². The summed E-state index contributed by atoms with van der Waals surface area (Å²) in [6, 6.07) is 14.0. The molecule has 0 spiro atoms. The minimum absolute atomic E-state index is 0.0414. The van der Waals surface area contributed by atoms with Crippen molar-refractivity contribution in [1.29, 1.82) is 0 Å². The van der Waals surface area contributed by atoms with Crippen LogP contribution in [-0.2, 0) is 13.6 Å². The summed E-state index contributed by atoms with van der Waals surface area (Å²) in [4.78, 5) is 16.3. The van der Waals surface area contributed by atoms with Crippen LogP contribution in [0, 0.1) is 5.82 Å². The third-order valence-corrected chi connectivity index (χ3v) is 5.38. The number of aryl methyl sites for hydroxylation is 1. The van der Waals surface area contributed by atoms with Crippen LogP contribution in [0.2, 0.25) is 0 Å². The Kier molecular flexibility index (Phi) is 4.39. The van der Waals surface area contributed by atoms with E-state index in [2.05, 4.69) is 21.4 Å². The number of aromatic nitrogens is 5. The Labute approximate surface area is 172 Å². The van der Waals surface area contributed by atoms with E-state index in [1.807, 2.05) is 37.6 Å². The van der Waals surface area contributed by atoms with E-state index >= 15 is 0 Å². The van der Waals surface area contributed by atoms with Crippen molar-refractivity contribution >= 4 is 5.91 Å². The summed E-state index contributed by atoms with van der Waals surface area (Å²) >= 11 is 0. The maximum atomic E-state index is 13.2. The molecule has 1 aliphatic rings. The lowest BCUT2D eigenvalue weighted by molar-refractivity contribution is 0.0718. The van der Waals surface area contributed by atoms with Gasteiger partial charge in [0.05, 0.1) is 18.1 Å². The van der Waals surface area contributed by atoms with Gasteiger partial charge in [0, 0.05) is 32.3 Å². The molecule has 8 heteroatoms. The van der Waals surface area contributed by atoms with E-state index in [1.54, 1.807) is 21.7 Å². The molecule has 30 heavy (non-hydrogen) atoms. The molecule has 150 valence electrons. The first-order valence-electron chi connectivity index (χ1n) is 9.62. The van der Waals surface area contributed by atoms with Gasteiger partial charge in [-0.15, -0.1) is 5.10 Å². The molecule has 0 saturated carbocycles. The van der Waals surface area contributed by atoms with Crippen LogP contribution >= 0.6 is 0 Å². The third-order valence-electron chi connectivity index (χ3n) is 5.38. The van der Waals surface area contributed by atoms with Crippen molar-refractivity contribution in [1.82, 2.24) is 29.7 Å². The maximum absolute atomic E-state index is 13.2. The first kappa shape index (κ1) is 18.2. The van der Waals surface area contributed by atoms with E-state index < -0.39 is 0 Å². The average Bonchev–Trinajstić information content (AvgIpc) is 3.42. The van der Waals surface area contributed by atoms with Crippen LogP contribution in [-0.4, -0.2) is 42.1 Å². The Hall–Kier alpha value is -3.81. The van der Waals surface area contributed by atoms with Crippen LogP contribution in [0.15, 0.2) is 67.1 Å². The van der Waals surface area contributed by atoms with Gasteiger partial charge in [-0.3, -0.25) is 9.48 Å². The summed E-state index contributed by atoms with van der Waals surface area (Å²) in [6.45, 7) is 1.04. The minimum atomic E-state index is -0.337. The van der Waals surface area contributed by atoms with Crippen molar-refractivity contribution in [2.45, 2.75) is 12.5 Å². The fraction of sp³-hybridized carbons (Fsp3) is 0.182. The van der Waals surface area contributed by atoms with Crippen LogP contribution < -0.4 is 0 Å².